The number of hydrogen-bond acceptors (Lipinski definition) is 3. The highest BCUT2D eigenvalue weighted by atomic mass is 16.6. The Hall–Kier alpha value is -1.97. The minimum atomic E-state index is -0.173. The van der Waals surface area contributed by atoms with Crippen molar-refractivity contribution in [2.45, 2.75) is 51.5 Å². The van der Waals surface area contributed by atoms with E-state index < -0.39 is 0 Å². The van der Waals surface area contributed by atoms with Crippen LogP contribution in [0.25, 0.3) is 0 Å². The lowest BCUT2D eigenvalue weighted by Crippen LogP contribution is -2.47. The van der Waals surface area contributed by atoms with Crippen molar-refractivity contribution in [3.63, 3.8) is 0 Å². The van der Waals surface area contributed by atoms with Gasteiger partial charge in [0.1, 0.15) is 5.75 Å². The first-order chi connectivity index (χ1) is 11.7. The molecule has 130 valence electrons. The maximum absolute atomic E-state index is 12.4. The van der Waals surface area contributed by atoms with Crippen LogP contribution in [0.5, 0.6) is 5.75 Å². The van der Waals surface area contributed by atoms with Crippen LogP contribution >= 0.6 is 0 Å². The molecular weight excluding hydrogens is 302 g/mol. The number of nitrogens with zero attached hydrogens (tertiary/aromatic N) is 1. The van der Waals surface area contributed by atoms with E-state index in [2.05, 4.69) is 12.1 Å². The molecule has 3 rings (SSSR count). The maximum atomic E-state index is 12.4. The average Bonchev–Trinajstić information content (AvgIpc) is 2.63. The fraction of sp³-hybridized carbons (Fsp3) is 0.550. The van der Waals surface area contributed by atoms with Crippen molar-refractivity contribution in [2.24, 2.45) is 0 Å². The molecule has 1 aliphatic heterocycles. The van der Waals surface area contributed by atoms with Gasteiger partial charge in [-0.15, -0.1) is 0 Å². The summed E-state index contributed by atoms with van der Waals surface area (Å²) in [6.07, 6.45) is 6.52. The molecule has 24 heavy (non-hydrogen) atoms. The van der Waals surface area contributed by atoms with Gasteiger partial charge in [-0.05, 0) is 68.7 Å². The monoisotopic (exact) mass is 329 g/mol. The van der Waals surface area contributed by atoms with Gasteiger partial charge in [0, 0.05) is 6.54 Å². The van der Waals surface area contributed by atoms with Crippen LogP contribution in [0.15, 0.2) is 35.4 Å². The summed E-state index contributed by atoms with van der Waals surface area (Å²) >= 11 is 0. The summed E-state index contributed by atoms with van der Waals surface area (Å²) in [6.45, 7) is 3.07. The lowest BCUT2D eigenvalue weighted by molar-refractivity contribution is 0.0914. The predicted molar refractivity (Wildman–Crippen MR) is 94.3 cm³/mol. The standard InChI is InChI=1S/C20H27NO3/c1-3-24-20(22)21-13-12-16-6-4-5-7-18(16)19(21)14-15-8-10-17(23-2)11-9-15/h8-11,19H,3-7,12-14H2,1-2H3. The van der Waals surface area contributed by atoms with E-state index in [9.17, 15) is 4.79 Å². The molecular formula is C20H27NO3. The minimum Gasteiger partial charge on any atom is -0.497 e. The maximum Gasteiger partial charge on any atom is 0.410 e. The van der Waals surface area contributed by atoms with E-state index in [1.54, 1.807) is 12.7 Å². The van der Waals surface area contributed by atoms with Crippen LogP contribution in [0.2, 0.25) is 0 Å². The van der Waals surface area contributed by atoms with E-state index in [0.29, 0.717) is 6.61 Å². The first kappa shape index (κ1) is 16.9. The highest BCUT2D eigenvalue weighted by Crippen LogP contribution is 2.36. The third-order valence-electron chi connectivity index (χ3n) is 5.15. The van der Waals surface area contributed by atoms with Crippen molar-refractivity contribution >= 4 is 6.09 Å². The summed E-state index contributed by atoms with van der Waals surface area (Å²) in [4.78, 5) is 14.4. The Morgan fingerprint density at radius 2 is 1.92 bits per heavy atom. The Kier molecular flexibility index (Phi) is 5.44. The van der Waals surface area contributed by atoms with Crippen molar-refractivity contribution in [1.29, 1.82) is 0 Å². The van der Waals surface area contributed by atoms with Crippen molar-refractivity contribution in [2.75, 3.05) is 20.3 Å². The Bertz CT molecular complexity index is 606. The van der Waals surface area contributed by atoms with E-state index >= 15 is 0 Å². The van der Waals surface area contributed by atoms with Crippen LogP contribution in [0.4, 0.5) is 4.79 Å². The molecule has 0 radical (unpaired) electrons. The number of ether oxygens (including phenoxy) is 2. The molecule has 0 aromatic heterocycles. The van der Waals surface area contributed by atoms with E-state index in [0.717, 1.165) is 31.6 Å². The molecule has 0 N–H and O–H groups in total. The molecule has 4 heteroatoms. The van der Waals surface area contributed by atoms with E-state index in [1.165, 1.54) is 30.4 Å². The summed E-state index contributed by atoms with van der Waals surface area (Å²) < 4.78 is 10.6. The molecule has 1 amide bonds. The lowest BCUT2D eigenvalue weighted by Gasteiger charge is -2.40. The zero-order chi connectivity index (χ0) is 16.9. The molecule has 0 fully saturated rings. The molecule has 1 atom stereocenters. The van der Waals surface area contributed by atoms with Gasteiger partial charge in [-0.2, -0.15) is 0 Å². The summed E-state index contributed by atoms with van der Waals surface area (Å²) in [5.41, 5.74) is 4.30. The van der Waals surface area contributed by atoms with Gasteiger partial charge >= 0.3 is 6.09 Å². The third-order valence-corrected chi connectivity index (χ3v) is 5.15. The van der Waals surface area contributed by atoms with Gasteiger partial charge in [-0.3, -0.25) is 0 Å². The van der Waals surface area contributed by atoms with Crippen LogP contribution in [0.3, 0.4) is 0 Å². The third kappa shape index (κ3) is 3.58. The number of benzene rings is 1. The first-order valence-electron chi connectivity index (χ1n) is 9.00. The van der Waals surface area contributed by atoms with Crippen LogP contribution in [-0.4, -0.2) is 37.3 Å². The molecule has 1 aromatic carbocycles. The second kappa shape index (κ2) is 7.73. The number of amides is 1. The Morgan fingerprint density at radius 3 is 2.62 bits per heavy atom. The normalized spacial score (nSPS) is 20.6. The van der Waals surface area contributed by atoms with E-state index in [1.807, 2.05) is 24.0 Å². The Labute approximate surface area is 144 Å². The molecule has 2 aliphatic rings. The smallest absolute Gasteiger partial charge is 0.410 e. The largest absolute Gasteiger partial charge is 0.497 e. The summed E-state index contributed by atoms with van der Waals surface area (Å²) in [5.74, 6) is 0.863. The number of rotatable bonds is 4. The summed E-state index contributed by atoms with van der Waals surface area (Å²) in [5, 5.41) is 0. The average molecular weight is 329 g/mol. The number of carbonyl (C=O) groups excluding carboxylic acids is 1. The zero-order valence-corrected chi connectivity index (χ0v) is 14.7. The molecule has 0 bridgehead atoms. The van der Waals surface area contributed by atoms with Gasteiger partial charge in [0.05, 0.1) is 19.8 Å². The second-order valence-electron chi connectivity index (χ2n) is 6.55. The minimum absolute atomic E-state index is 0.140. The molecule has 1 unspecified atom stereocenters. The van der Waals surface area contributed by atoms with E-state index in [-0.39, 0.29) is 12.1 Å². The van der Waals surface area contributed by atoms with Gasteiger partial charge in [-0.25, -0.2) is 4.79 Å². The van der Waals surface area contributed by atoms with Crippen molar-refractivity contribution in [1.82, 2.24) is 4.90 Å². The fourth-order valence-electron chi connectivity index (χ4n) is 3.92. The summed E-state index contributed by atoms with van der Waals surface area (Å²) in [6, 6.07) is 8.31. The highest BCUT2D eigenvalue weighted by Gasteiger charge is 2.34. The second-order valence-corrected chi connectivity index (χ2v) is 6.55. The molecule has 0 saturated heterocycles. The van der Waals surface area contributed by atoms with Crippen LogP contribution in [0.1, 0.15) is 44.6 Å². The van der Waals surface area contributed by atoms with Crippen LogP contribution in [0, 0.1) is 0 Å². The zero-order valence-electron chi connectivity index (χ0n) is 14.7. The van der Waals surface area contributed by atoms with Gasteiger partial charge in [0.25, 0.3) is 0 Å². The molecule has 1 heterocycles. The SMILES string of the molecule is CCOC(=O)N1CCC2=C(CCCC2)C1Cc1ccc(OC)cc1. The van der Waals surface area contributed by atoms with Gasteiger partial charge in [0.2, 0.25) is 0 Å². The number of carbonyl (C=O) groups is 1. The molecule has 0 saturated carbocycles. The topological polar surface area (TPSA) is 38.8 Å². The summed E-state index contributed by atoms with van der Waals surface area (Å²) in [7, 11) is 1.68. The molecule has 0 spiro atoms. The highest BCUT2D eigenvalue weighted by molar-refractivity contribution is 5.69. The van der Waals surface area contributed by atoms with Gasteiger partial charge in [0.15, 0.2) is 0 Å². The van der Waals surface area contributed by atoms with Crippen molar-refractivity contribution in [3.05, 3.63) is 41.0 Å². The Morgan fingerprint density at radius 1 is 1.17 bits per heavy atom. The molecule has 4 nitrogen and oxygen atoms in total. The van der Waals surface area contributed by atoms with Crippen molar-refractivity contribution in [3.8, 4) is 5.75 Å². The van der Waals surface area contributed by atoms with Gasteiger partial charge < -0.3 is 14.4 Å². The first-order valence-corrected chi connectivity index (χ1v) is 9.00. The predicted octanol–water partition coefficient (Wildman–Crippen LogP) is 4.34. The lowest BCUT2D eigenvalue weighted by atomic mass is 9.80. The van der Waals surface area contributed by atoms with Crippen LogP contribution in [-0.2, 0) is 11.2 Å². The van der Waals surface area contributed by atoms with Crippen LogP contribution < -0.4 is 4.74 Å². The number of methoxy groups -OCH3 is 1. The molecule has 1 aliphatic carbocycles. The van der Waals surface area contributed by atoms with Crippen molar-refractivity contribution < 1.29 is 14.3 Å². The Balaban J connectivity index is 1.85. The quantitative estimate of drug-likeness (QED) is 0.771. The van der Waals surface area contributed by atoms with Gasteiger partial charge in [-0.1, -0.05) is 17.7 Å². The van der Waals surface area contributed by atoms with E-state index in [4.69, 9.17) is 9.47 Å². The molecule has 1 aromatic rings. The number of hydrogen-bond donors (Lipinski definition) is 0. The fourth-order valence-corrected chi connectivity index (χ4v) is 3.92.